The van der Waals surface area contributed by atoms with E-state index < -0.39 is 0 Å². The molecule has 2 heterocycles. The first-order valence-corrected chi connectivity index (χ1v) is 9.75. The summed E-state index contributed by atoms with van der Waals surface area (Å²) in [6.45, 7) is 10.1. The minimum atomic E-state index is -0.184. The van der Waals surface area contributed by atoms with E-state index in [0.29, 0.717) is 0 Å². The number of fused-ring (bicyclic) bond motifs is 1. The van der Waals surface area contributed by atoms with Crippen LogP contribution in [0.2, 0.25) is 0 Å². The van der Waals surface area contributed by atoms with E-state index in [9.17, 15) is 5.11 Å². The molecule has 0 radical (unpaired) electrons. The van der Waals surface area contributed by atoms with Crippen molar-refractivity contribution in [2.24, 2.45) is 5.41 Å². The number of piperidine rings is 1. The Morgan fingerprint density at radius 3 is 2.72 bits per heavy atom. The van der Waals surface area contributed by atoms with Crippen molar-refractivity contribution < 1.29 is 14.6 Å². The molecule has 1 spiro atoms. The highest BCUT2D eigenvalue weighted by Crippen LogP contribution is 2.51. The number of para-hydroxylation sites is 1. The van der Waals surface area contributed by atoms with Crippen molar-refractivity contribution >= 4 is 0 Å². The number of aliphatic hydroxyl groups is 1. The summed E-state index contributed by atoms with van der Waals surface area (Å²) in [7, 11) is 0. The summed E-state index contributed by atoms with van der Waals surface area (Å²) in [4.78, 5) is 2.50. The van der Waals surface area contributed by atoms with Crippen LogP contribution in [-0.2, 0) is 17.7 Å². The quantitative estimate of drug-likeness (QED) is 0.910. The average Bonchev–Trinajstić information content (AvgIpc) is 2.90. The summed E-state index contributed by atoms with van der Waals surface area (Å²) in [6, 6.07) is 6.55. The second kappa shape index (κ2) is 6.26. The molecule has 0 amide bonds. The molecule has 2 aliphatic heterocycles. The van der Waals surface area contributed by atoms with Gasteiger partial charge in [0.1, 0.15) is 11.4 Å². The Labute approximate surface area is 151 Å². The fourth-order valence-corrected chi connectivity index (χ4v) is 4.99. The van der Waals surface area contributed by atoms with Crippen LogP contribution in [0.25, 0.3) is 0 Å². The molecule has 4 nitrogen and oxygen atoms in total. The number of hydrogen-bond acceptors (Lipinski definition) is 4. The Morgan fingerprint density at radius 2 is 2.04 bits per heavy atom. The third-order valence-electron chi connectivity index (χ3n) is 6.46. The summed E-state index contributed by atoms with van der Waals surface area (Å²) < 4.78 is 12.1. The van der Waals surface area contributed by atoms with Gasteiger partial charge in [0.25, 0.3) is 0 Å². The van der Waals surface area contributed by atoms with Crippen molar-refractivity contribution in [3.63, 3.8) is 0 Å². The van der Waals surface area contributed by atoms with Crippen LogP contribution in [0, 0.1) is 5.41 Å². The summed E-state index contributed by atoms with van der Waals surface area (Å²) in [6.07, 6.45) is 3.92. The lowest BCUT2D eigenvalue weighted by atomic mass is 9.58. The predicted octanol–water partition coefficient (Wildman–Crippen LogP) is 3.15. The predicted molar refractivity (Wildman–Crippen MR) is 97.8 cm³/mol. The van der Waals surface area contributed by atoms with E-state index in [-0.39, 0.29) is 23.2 Å². The molecule has 0 aromatic heterocycles. The van der Waals surface area contributed by atoms with E-state index in [2.05, 4.69) is 36.9 Å². The zero-order valence-corrected chi connectivity index (χ0v) is 15.8. The van der Waals surface area contributed by atoms with Gasteiger partial charge in [-0.2, -0.15) is 0 Å². The van der Waals surface area contributed by atoms with Gasteiger partial charge in [-0.1, -0.05) is 18.2 Å². The topological polar surface area (TPSA) is 41.9 Å². The standard InChI is InChI=1S/C21H31NO3/c1-4-24-18-12-17(23)21(18)8-10-22(11-9-21)14-16-7-5-6-15-13-20(2,3)25-19(15)16/h5-7,17-18,23H,4,8-14H2,1-3H3. The molecule has 3 aliphatic rings. The van der Waals surface area contributed by atoms with Gasteiger partial charge in [-0.3, -0.25) is 4.90 Å². The smallest absolute Gasteiger partial charge is 0.127 e. The SMILES string of the molecule is CCOC1CC(O)C12CCN(Cc1cccc3c1OC(C)(C)C3)CC2. The Morgan fingerprint density at radius 1 is 1.28 bits per heavy atom. The van der Waals surface area contributed by atoms with E-state index in [0.717, 1.165) is 57.7 Å². The Hall–Kier alpha value is -1.10. The molecule has 0 bridgehead atoms. The first kappa shape index (κ1) is 17.3. The number of benzene rings is 1. The molecule has 2 fully saturated rings. The summed E-state index contributed by atoms with van der Waals surface area (Å²) in [5, 5.41) is 10.4. The number of aliphatic hydroxyl groups excluding tert-OH is 1. The molecule has 2 unspecified atom stereocenters. The van der Waals surface area contributed by atoms with Crippen LogP contribution in [0.15, 0.2) is 18.2 Å². The maximum atomic E-state index is 10.4. The van der Waals surface area contributed by atoms with Gasteiger partial charge < -0.3 is 14.6 Å². The molecule has 2 atom stereocenters. The number of hydrogen-bond donors (Lipinski definition) is 1. The lowest BCUT2D eigenvalue weighted by molar-refractivity contribution is -0.209. The highest BCUT2D eigenvalue weighted by molar-refractivity contribution is 5.45. The molecule has 4 heteroatoms. The van der Waals surface area contributed by atoms with Crippen LogP contribution >= 0.6 is 0 Å². The van der Waals surface area contributed by atoms with Gasteiger partial charge in [-0.05, 0) is 52.3 Å². The van der Waals surface area contributed by atoms with Crippen LogP contribution in [0.1, 0.15) is 51.2 Å². The molecule has 1 aliphatic carbocycles. The van der Waals surface area contributed by atoms with Crippen molar-refractivity contribution in [3.05, 3.63) is 29.3 Å². The lowest BCUT2D eigenvalue weighted by Gasteiger charge is -2.56. The zero-order valence-electron chi connectivity index (χ0n) is 15.8. The van der Waals surface area contributed by atoms with Gasteiger partial charge in [-0.15, -0.1) is 0 Å². The molecule has 1 saturated carbocycles. The molecule has 1 aromatic carbocycles. The van der Waals surface area contributed by atoms with Gasteiger partial charge in [0.2, 0.25) is 0 Å². The summed E-state index contributed by atoms with van der Waals surface area (Å²) in [5.74, 6) is 1.10. The highest BCUT2D eigenvalue weighted by Gasteiger charge is 2.55. The molecule has 4 rings (SSSR count). The van der Waals surface area contributed by atoms with E-state index in [1.54, 1.807) is 0 Å². The molecule has 1 aromatic rings. The third-order valence-corrected chi connectivity index (χ3v) is 6.46. The van der Waals surface area contributed by atoms with Crippen LogP contribution < -0.4 is 4.74 Å². The molecular formula is C21H31NO3. The summed E-state index contributed by atoms with van der Waals surface area (Å²) in [5.41, 5.74) is 2.55. The minimum absolute atomic E-state index is 0.00361. The maximum Gasteiger partial charge on any atom is 0.127 e. The van der Waals surface area contributed by atoms with Crippen molar-refractivity contribution in [1.29, 1.82) is 0 Å². The van der Waals surface area contributed by atoms with Crippen molar-refractivity contribution in [1.82, 2.24) is 4.90 Å². The number of likely N-dealkylation sites (tertiary alicyclic amines) is 1. The fourth-order valence-electron chi connectivity index (χ4n) is 4.99. The largest absolute Gasteiger partial charge is 0.487 e. The van der Waals surface area contributed by atoms with Gasteiger partial charge >= 0.3 is 0 Å². The second-order valence-electron chi connectivity index (χ2n) is 8.65. The lowest BCUT2D eigenvalue weighted by Crippen LogP contribution is -2.62. The van der Waals surface area contributed by atoms with Crippen molar-refractivity contribution in [2.75, 3.05) is 19.7 Å². The number of nitrogens with zero attached hydrogens (tertiary/aromatic N) is 1. The Bertz CT molecular complexity index is 632. The Balaban J connectivity index is 1.41. The van der Waals surface area contributed by atoms with Gasteiger partial charge in [-0.25, -0.2) is 0 Å². The fraction of sp³-hybridized carbons (Fsp3) is 0.714. The third kappa shape index (κ3) is 2.98. The van der Waals surface area contributed by atoms with Crippen LogP contribution in [-0.4, -0.2) is 47.5 Å². The zero-order chi connectivity index (χ0) is 17.7. The first-order chi connectivity index (χ1) is 11.9. The van der Waals surface area contributed by atoms with Crippen molar-refractivity contribution in [3.8, 4) is 5.75 Å². The monoisotopic (exact) mass is 345 g/mol. The molecular weight excluding hydrogens is 314 g/mol. The Kier molecular flexibility index (Phi) is 4.33. The number of ether oxygens (including phenoxy) is 2. The van der Waals surface area contributed by atoms with Crippen LogP contribution in [0.4, 0.5) is 0 Å². The van der Waals surface area contributed by atoms with Gasteiger partial charge in [0.15, 0.2) is 0 Å². The van der Waals surface area contributed by atoms with Crippen LogP contribution in [0.3, 0.4) is 0 Å². The first-order valence-electron chi connectivity index (χ1n) is 9.75. The highest BCUT2D eigenvalue weighted by atomic mass is 16.5. The second-order valence-corrected chi connectivity index (χ2v) is 8.65. The molecule has 25 heavy (non-hydrogen) atoms. The maximum absolute atomic E-state index is 10.4. The van der Waals surface area contributed by atoms with E-state index in [1.807, 2.05) is 6.92 Å². The molecule has 1 saturated heterocycles. The summed E-state index contributed by atoms with van der Waals surface area (Å²) >= 11 is 0. The molecule has 1 N–H and O–H groups in total. The molecule has 138 valence electrons. The van der Waals surface area contributed by atoms with Gasteiger partial charge in [0.05, 0.1) is 12.2 Å². The van der Waals surface area contributed by atoms with Gasteiger partial charge in [0, 0.05) is 37.0 Å². The van der Waals surface area contributed by atoms with E-state index >= 15 is 0 Å². The van der Waals surface area contributed by atoms with E-state index in [4.69, 9.17) is 9.47 Å². The normalized spacial score (nSPS) is 29.9. The van der Waals surface area contributed by atoms with Crippen LogP contribution in [0.5, 0.6) is 5.75 Å². The average molecular weight is 345 g/mol. The van der Waals surface area contributed by atoms with Crippen molar-refractivity contribution in [2.45, 2.75) is 70.8 Å². The van der Waals surface area contributed by atoms with E-state index in [1.165, 1.54) is 11.1 Å². The number of rotatable bonds is 4. The minimum Gasteiger partial charge on any atom is -0.487 e.